The van der Waals surface area contributed by atoms with Crippen LogP contribution in [0.2, 0.25) is 0 Å². The Balaban J connectivity index is 1.04. The summed E-state index contributed by atoms with van der Waals surface area (Å²) in [5.41, 5.74) is 11.2. The molecule has 0 atom stereocenters. The van der Waals surface area contributed by atoms with Crippen molar-refractivity contribution in [1.29, 1.82) is 0 Å². The molecule has 13 aromatic rings. The lowest BCUT2D eigenvalue weighted by Crippen LogP contribution is -2.74. The lowest BCUT2D eigenvalue weighted by molar-refractivity contribution is 0.669. The number of para-hydroxylation sites is 4. The minimum absolute atomic E-state index is 0.901. The van der Waals surface area contributed by atoms with Crippen molar-refractivity contribution in [3.63, 3.8) is 0 Å². The summed E-state index contributed by atoms with van der Waals surface area (Å²) in [5, 5.41) is 12.6. The van der Waals surface area contributed by atoms with Gasteiger partial charge in [-0.1, -0.05) is 182 Å². The molecule has 10 aromatic carbocycles. The van der Waals surface area contributed by atoms with Crippen LogP contribution < -0.4 is 20.7 Å². The lowest BCUT2D eigenvalue weighted by Gasteiger charge is -2.34. The Morgan fingerprint density at radius 2 is 0.812 bits per heavy atom. The van der Waals surface area contributed by atoms with Crippen LogP contribution in [0.3, 0.4) is 0 Å². The van der Waals surface area contributed by atoms with Gasteiger partial charge in [-0.3, -0.25) is 0 Å². The number of benzene rings is 10. The normalized spacial score (nSPS) is 12.1. The van der Waals surface area contributed by atoms with E-state index in [1.165, 1.54) is 69.9 Å². The fraction of sp³-hybridized carbons (Fsp3) is 0. The van der Waals surface area contributed by atoms with Gasteiger partial charge in [0.25, 0.3) is 0 Å². The Hall–Kier alpha value is -8.18. The quantitative estimate of drug-likeness (QED) is 0.116. The first-order valence-electron chi connectivity index (χ1n) is 22.0. The van der Waals surface area contributed by atoms with Gasteiger partial charge in [-0.2, -0.15) is 0 Å². The van der Waals surface area contributed by atoms with Gasteiger partial charge in [-0.25, -0.2) is 0 Å². The molecule has 0 amide bonds. The maximum atomic E-state index is 6.26. The summed E-state index contributed by atoms with van der Waals surface area (Å²) in [6.45, 7) is 0. The minimum atomic E-state index is -2.76. The molecule has 0 saturated carbocycles. The predicted molar refractivity (Wildman–Crippen MR) is 271 cm³/mol. The molecule has 13 rings (SSSR count). The van der Waals surface area contributed by atoms with Gasteiger partial charge in [0.1, 0.15) is 11.2 Å². The van der Waals surface area contributed by atoms with Gasteiger partial charge in [-0.05, 0) is 87.0 Å². The van der Waals surface area contributed by atoms with Gasteiger partial charge >= 0.3 is 0 Å². The molecule has 64 heavy (non-hydrogen) atoms. The van der Waals surface area contributed by atoms with E-state index in [2.05, 4.69) is 240 Å². The Bertz CT molecular complexity index is 3800. The van der Waals surface area contributed by atoms with Crippen LogP contribution in [0.1, 0.15) is 0 Å². The van der Waals surface area contributed by atoms with Crippen LogP contribution in [0.15, 0.2) is 247 Å². The minimum Gasteiger partial charge on any atom is -0.456 e. The third kappa shape index (κ3) is 5.39. The van der Waals surface area contributed by atoms with Crippen molar-refractivity contribution in [3.8, 4) is 22.5 Å². The lowest BCUT2D eigenvalue weighted by atomic mass is 10.00. The van der Waals surface area contributed by atoms with Gasteiger partial charge in [0.15, 0.2) is 8.07 Å². The maximum absolute atomic E-state index is 6.26. The highest BCUT2D eigenvalue weighted by atomic mass is 28.3. The molecule has 3 aromatic heterocycles. The second-order valence-electron chi connectivity index (χ2n) is 16.8. The van der Waals surface area contributed by atoms with Gasteiger partial charge in [-0.15, -0.1) is 0 Å². The van der Waals surface area contributed by atoms with Crippen LogP contribution in [0.4, 0.5) is 0 Å². The zero-order valence-electron chi connectivity index (χ0n) is 34.9. The van der Waals surface area contributed by atoms with E-state index in [0.717, 1.165) is 38.9 Å². The summed E-state index contributed by atoms with van der Waals surface area (Å²) in [7, 11) is -2.76. The molecule has 4 heteroatoms. The Morgan fingerprint density at radius 3 is 1.52 bits per heavy atom. The molecule has 0 bridgehead atoms. The van der Waals surface area contributed by atoms with Crippen LogP contribution in [0, 0.1) is 0 Å². The van der Waals surface area contributed by atoms with Crippen molar-refractivity contribution in [2.24, 2.45) is 0 Å². The van der Waals surface area contributed by atoms with Gasteiger partial charge < -0.3 is 13.6 Å². The van der Waals surface area contributed by atoms with E-state index in [1.54, 1.807) is 0 Å². The predicted octanol–water partition coefficient (Wildman–Crippen LogP) is 12.8. The summed E-state index contributed by atoms with van der Waals surface area (Å²) >= 11 is 0. The van der Waals surface area contributed by atoms with E-state index in [9.17, 15) is 0 Å². The molecule has 0 saturated heterocycles. The zero-order chi connectivity index (χ0) is 42.2. The smallest absolute Gasteiger partial charge is 0.179 e. The summed E-state index contributed by atoms with van der Waals surface area (Å²) in [6, 6.07) is 89.3. The van der Waals surface area contributed by atoms with E-state index >= 15 is 0 Å². The number of rotatable bonds is 7. The van der Waals surface area contributed by atoms with Gasteiger partial charge in [0, 0.05) is 49.3 Å². The average molecular weight is 833 g/mol. The second-order valence-corrected chi connectivity index (χ2v) is 20.6. The third-order valence-corrected chi connectivity index (χ3v) is 18.2. The molecule has 0 radical (unpaired) electrons. The van der Waals surface area contributed by atoms with E-state index in [4.69, 9.17) is 4.42 Å². The van der Waals surface area contributed by atoms with E-state index in [-0.39, 0.29) is 0 Å². The first kappa shape index (κ1) is 36.5. The van der Waals surface area contributed by atoms with Gasteiger partial charge in [0.05, 0.1) is 22.1 Å². The molecule has 0 aliphatic carbocycles. The molecule has 0 unspecified atom stereocenters. The maximum Gasteiger partial charge on any atom is 0.179 e. The average Bonchev–Trinajstić information content (AvgIpc) is 4.03. The number of fused-ring (bicyclic) bond motifs is 9. The molecule has 300 valence electrons. The summed E-state index contributed by atoms with van der Waals surface area (Å²) in [6.07, 6.45) is 0. The fourth-order valence-electron chi connectivity index (χ4n) is 10.7. The second kappa shape index (κ2) is 14.5. The third-order valence-electron chi connectivity index (χ3n) is 13.5. The highest BCUT2D eigenvalue weighted by Crippen LogP contribution is 2.41. The Kier molecular flexibility index (Phi) is 8.23. The van der Waals surface area contributed by atoms with E-state index in [1.807, 2.05) is 12.1 Å². The van der Waals surface area contributed by atoms with Crippen LogP contribution in [-0.2, 0) is 0 Å². The van der Waals surface area contributed by atoms with Crippen molar-refractivity contribution in [1.82, 2.24) is 9.13 Å². The van der Waals surface area contributed by atoms with Crippen LogP contribution in [-0.4, -0.2) is 17.2 Å². The molecule has 0 aliphatic heterocycles. The van der Waals surface area contributed by atoms with E-state index in [0.29, 0.717) is 0 Å². The molecular weight excluding hydrogens is 793 g/mol. The molecule has 0 fully saturated rings. The summed E-state index contributed by atoms with van der Waals surface area (Å²) in [4.78, 5) is 0. The molecular formula is C60H40N2OSi. The standard InChI is InChI=1S/C60H40N2OSi/c1-4-19-44(20-5-1)64(45-21-6-2-7-22-45,46-23-8-3-9-24-46)47-25-16-18-42(39-47)61-55-31-13-11-27-50(55)53-40-43(35-36-57(53)61)62-56-32-14-10-26-49(56)52-30-17-29-48(60(52)62)41-34-37-59-54(38-41)51-28-12-15-33-58(51)63-59/h1-40H. The number of furan rings is 1. The van der Waals surface area contributed by atoms with Crippen molar-refractivity contribution in [3.05, 3.63) is 243 Å². The highest BCUT2D eigenvalue weighted by Gasteiger charge is 2.41. The SMILES string of the molecule is c1ccc([Si](c2ccccc2)(c2ccccc2)c2cccc(-n3c4ccccc4c4cc(-n5c6ccccc6c6cccc(-c7ccc8oc9ccccc9c8c7)c65)ccc43)c2)cc1. The molecule has 0 N–H and O–H groups in total. The van der Waals surface area contributed by atoms with Crippen LogP contribution in [0.5, 0.6) is 0 Å². The van der Waals surface area contributed by atoms with Crippen LogP contribution >= 0.6 is 0 Å². The van der Waals surface area contributed by atoms with Crippen LogP contribution in [0.25, 0.3) is 88.1 Å². The van der Waals surface area contributed by atoms with Crippen molar-refractivity contribution < 1.29 is 4.42 Å². The van der Waals surface area contributed by atoms with Crippen molar-refractivity contribution in [2.45, 2.75) is 0 Å². The largest absolute Gasteiger partial charge is 0.456 e. The monoisotopic (exact) mass is 832 g/mol. The number of nitrogens with zero attached hydrogens (tertiary/aromatic N) is 2. The first-order chi connectivity index (χ1) is 31.8. The Morgan fingerprint density at radius 1 is 0.297 bits per heavy atom. The number of hydrogen-bond acceptors (Lipinski definition) is 1. The topological polar surface area (TPSA) is 23.0 Å². The molecule has 0 spiro atoms. The highest BCUT2D eigenvalue weighted by molar-refractivity contribution is 7.19. The summed E-state index contributed by atoms with van der Waals surface area (Å²) < 4.78 is 11.2. The van der Waals surface area contributed by atoms with Crippen molar-refractivity contribution in [2.75, 3.05) is 0 Å². The fourth-order valence-corrected chi connectivity index (χ4v) is 15.5. The molecule has 3 nitrogen and oxygen atoms in total. The van der Waals surface area contributed by atoms with E-state index < -0.39 is 8.07 Å². The molecule has 0 aliphatic rings. The summed E-state index contributed by atoms with van der Waals surface area (Å²) in [5.74, 6) is 0. The molecule has 3 heterocycles. The Labute approximate surface area is 371 Å². The first-order valence-corrected chi connectivity index (χ1v) is 24.0. The number of hydrogen-bond donors (Lipinski definition) is 0. The number of aromatic nitrogens is 2. The van der Waals surface area contributed by atoms with Crippen molar-refractivity contribution >= 4 is 94.4 Å². The zero-order valence-corrected chi connectivity index (χ0v) is 35.9. The van der Waals surface area contributed by atoms with Gasteiger partial charge in [0.2, 0.25) is 0 Å².